The maximum absolute atomic E-state index is 12.2. The number of imidazole rings is 1. The van der Waals surface area contributed by atoms with Gasteiger partial charge in [-0.15, -0.1) is 0 Å². The quantitative estimate of drug-likeness (QED) is 0.738. The third-order valence-corrected chi connectivity index (χ3v) is 3.00. The molecule has 0 atom stereocenters. The molecule has 3 aromatic rings. The van der Waals surface area contributed by atoms with Crippen molar-refractivity contribution in [3.63, 3.8) is 0 Å². The zero-order valence-corrected chi connectivity index (χ0v) is 10.7. The van der Waals surface area contributed by atoms with Crippen LogP contribution in [0, 0.1) is 0 Å². The Hall–Kier alpha value is -2.89. The molecule has 3 rings (SSSR count). The first-order valence-electron chi connectivity index (χ1n) is 6.03. The predicted octanol–water partition coefficient (Wildman–Crippen LogP) is 1.54. The van der Waals surface area contributed by atoms with Gasteiger partial charge in [0.15, 0.2) is 11.6 Å². The maximum Gasteiger partial charge on any atom is 0.263 e. The summed E-state index contributed by atoms with van der Waals surface area (Å²) in [7, 11) is 1.78. The monoisotopic (exact) mass is 268 g/mol. The van der Waals surface area contributed by atoms with Gasteiger partial charge >= 0.3 is 0 Å². The van der Waals surface area contributed by atoms with Crippen LogP contribution in [-0.2, 0) is 7.05 Å². The number of nitrogens with zero attached hydrogens (tertiary/aromatic N) is 3. The molecule has 0 fully saturated rings. The van der Waals surface area contributed by atoms with E-state index in [2.05, 4.69) is 15.0 Å². The first-order chi connectivity index (χ1) is 9.66. The number of hydrogen-bond acceptors (Lipinski definition) is 4. The van der Waals surface area contributed by atoms with Crippen LogP contribution in [0.2, 0.25) is 0 Å². The average molecular weight is 268 g/mol. The SMILES string of the molecule is Cn1ccnc1-c1nc(O)c(-c2ccccc2)c(=O)[nH]1. The number of aryl methyl sites for hydroxylation is 1. The minimum Gasteiger partial charge on any atom is -0.493 e. The van der Waals surface area contributed by atoms with Crippen molar-refractivity contribution in [3.05, 3.63) is 53.1 Å². The molecular weight excluding hydrogens is 256 g/mol. The Balaban J connectivity index is 2.18. The highest BCUT2D eigenvalue weighted by Gasteiger charge is 2.15. The van der Waals surface area contributed by atoms with Crippen LogP contribution >= 0.6 is 0 Å². The second kappa shape index (κ2) is 4.65. The van der Waals surface area contributed by atoms with Gasteiger partial charge in [-0.2, -0.15) is 4.98 Å². The summed E-state index contributed by atoms with van der Waals surface area (Å²) in [4.78, 5) is 22.9. The first kappa shape index (κ1) is 12.2. The molecule has 2 aromatic heterocycles. The Morgan fingerprint density at radius 3 is 2.60 bits per heavy atom. The van der Waals surface area contributed by atoms with E-state index in [0.717, 1.165) is 0 Å². The van der Waals surface area contributed by atoms with Gasteiger partial charge in [0.2, 0.25) is 5.88 Å². The van der Waals surface area contributed by atoms with Crippen LogP contribution < -0.4 is 5.56 Å². The van der Waals surface area contributed by atoms with Crippen molar-refractivity contribution in [1.29, 1.82) is 0 Å². The molecule has 100 valence electrons. The van der Waals surface area contributed by atoms with Crippen molar-refractivity contribution in [2.45, 2.75) is 0 Å². The van der Waals surface area contributed by atoms with E-state index in [1.54, 1.807) is 48.3 Å². The smallest absolute Gasteiger partial charge is 0.263 e. The van der Waals surface area contributed by atoms with Gasteiger partial charge in [-0.25, -0.2) is 4.98 Å². The number of rotatable bonds is 2. The van der Waals surface area contributed by atoms with Crippen LogP contribution in [0.1, 0.15) is 0 Å². The number of aromatic amines is 1. The van der Waals surface area contributed by atoms with E-state index in [4.69, 9.17) is 0 Å². The number of aromatic hydroxyl groups is 1. The minimum absolute atomic E-state index is 0.156. The van der Waals surface area contributed by atoms with Crippen molar-refractivity contribution in [2.75, 3.05) is 0 Å². The molecule has 0 saturated heterocycles. The molecule has 1 aromatic carbocycles. The second-order valence-corrected chi connectivity index (χ2v) is 4.34. The molecule has 6 nitrogen and oxygen atoms in total. The molecular formula is C14H12N4O2. The summed E-state index contributed by atoms with van der Waals surface area (Å²) in [5.74, 6) is 0.412. The topological polar surface area (TPSA) is 83.8 Å². The van der Waals surface area contributed by atoms with E-state index in [9.17, 15) is 9.90 Å². The summed E-state index contributed by atoms with van der Waals surface area (Å²) in [6.07, 6.45) is 3.33. The molecule has 6 heteroatoms. The fourth-order valence-corrected chi connectivity index (χ4v) is 2.03. The van der Waals surface area contributed by atoms with Gasteiger partial charge in [0.25, 0.3) is 5.56 Å². The molecule has 0 radical (unpaired) electrons. The van der Waals surface area contributed by atoms with Gasteiger partial charge < -0.3 is 14.7 Å². The molecule has 0 spiro atoms. The van der Waals surface area contributed by atoms with Gasteiger partial charge in [-0.1, -0.05) is 30.3 Å². The third-order valence-electron chi connectivity index (χ3n) is 3.00. The lowest BCUT2D eigenvalue weighted by Crippen LogP contribution is -2.13. The third kappa shape index (κ3) is 1.97. The lowest BCUT2D eigenvalue weighted by Gasteiger charge is -2.06. The largest absolute Gasteiger partial charge is 0.493 e. The molecule has 0 saturated carbocycles. The van der Waals surface area contributed by atoms with Crippen molar-refractivity contribution in [3.8, 4) is 28.7 Å². The Morgan fingerprint density at radius 2 is 2.00 bits per heavy atom. The lowest BCUT2D eigenvalue weighted by atomic mass is 10.1. The summed E-state index contributed by atoms with van der Waals surface area (Å²) in [5.41, 5.74) is 0.371. The summed E-state index contributed by atoms with van der Waals surface area (Å²) in [6.45, 7) is 0. The summed E-state index contributed by atoms with van der Waals surface area (Å²) in [5, 5.41) is 10.0. The average Bonchev–Trinajstić information content (AvgIpc) is 2.85. The van der Waals surface area contributed by atoms with Gasteiger partial charge in [-0.3, -0.25) is 4.79 Å². The highest BCUT2D eigenvalue weighted by atomic mass is 16.3. The highest BCUT2D eigenvalue weighted by molar-refractivity contribution is 5.68. The standard InChI is InChI=1S/C14H12N4O2/c1-18-8-7-15-12(18)11-16-13(19)10(14(20)17-11)9-5-3-2-4-6-9/h2-8H,1H3,(H2,16,17,19,20). The van der Waals surface area contributed by atoms with Crippen molar-refractivity contribution in [1.82, 2.24) is 19.5 Å². The van der Waals surface area contributed by atoms with E-state index in [-0.39, 0.29) is 17.3 Å². The normalized spacial score (nSPS) is 10.7. The number of H-pyrrole nitrogens is 1. The van der Waals surface area contributed by atoms with E-state index in [0.29, 0.717) is 11.4 Å². The van der Waals surface area contributed by atoms with Gasteiger partial charge in [0.1, 0.15) is 5.56 Å². The lowest BCUT2D eigenvalue weighted by molar-refractivity contribution is 0.454. The van der Waals surface area contributed by atoms with E-state index in [1.165, 1.54) is 0 Å². The Labute approximate surface area is 114 Å². The fourth-order valence-electron chi connectivity index (χ4n) is 2.03. The minimum atomic E-state index is -0.401. The van der Waals surface area contributed by atoms with Crippen LogP contribution in [0.3, 0.4) is 0 Å². The molecule has 0 aliphatic carbocycles. The van der Waals surface area contributed by atoms with Crippen LogP contribution in [0.25, 0.3) is 22.8 Å². The second-order valence-electron chi connectivity index (χ2n) is 4.34. The van der Waals surface area contributed by atoms with E-state index < -0.39 is 5.56 Å². The van der Waals surface area contributed by atoms with E-state index >= 15 is 0 Å². The number of hydrogen-bond donors (Lipinski definition) is 2. The summed E-state index contributed by atoms with van der Waals surface area (Å²) >= 11 is 0. The number of aromatic nitrogens is 4. The Morgan fingerprint density at radius 1 is 1.25 bits per heavy atom. The molecule has 0 aliphatic heterocycles. The van der Waals surface area contributed by atoms with Gasteiger partial charge in [0.05, 0.1) is 0 Å². The fraction of sp³-hybridized carbons (Fsp3) is 0.0714. The van der Waals surface area contributed by atoms with Gasteiger partial charge in [0, 0.05) is 19.4 Å². The van der Waals surface area contributed by atoms with Crippen LogP contribution in [0.15, 0.2) is 47.5 Å². The van der Waals surface area contributed by atoms with Gasteiger partial charge in [-0.05, 0) is 5.56 Å². The predicted molar refractivity (Wildman–Crippen MR) is 74.2 cm³/mol. The zero-order chi connectivity index (χ0) is 14.1. The molecule has 2 heterocycles. The summed E-state index contributed by atoms with van der Waals surface area (Å²) in [6, 6.07) is 8.91. The van der Waals surface area contributed by atoms with Crippen LogP contribution in [0.4, 0.5) is 0 Å². The summed E-state index contributed by atoms with van der Waals surface area (Å²) < 4.78 is 1.71. The Kier molecular flexibility index (Phi) is 2.83. The molecule has 2 N–H and O–H groups in total. The maximum atomic E-state index is 12.2. The Bertz CT molecular complexity index is 806. The van der Waals surface area contributed by atoms with E-state index in [1.807, 2.05) is 6.07 Å². The van der Waals surface area contributed by atoms with Crippen molar-refractivity contribution >= 4 is 0 Å². The highest BCUT2D eigenvalue weighted by Crippen LogP contribution is 2.24. The van der Waals surface area contributed by atoms with Crippen LogP contribution in [0.5, 0.6) is 5.88 Å². The van der Waals surface area contributed by atoms with Crippen molar-refractivity contribution in [2.24, 2.45) is 7.05 Å². The molecule has 0 unspecified atom stereocenters. The molecule has 0 aliphatic rings. The first-order valence-corrected chi connectivity index (χ1v) is 6.03. The molecule has 20 heavy (non-hydrogen) atoms. The van der Waals surface area contributed by atoms with Crippen molar-refractivity contribution < 1.29 is 5.11 Å². The number of nitrogens with one attached hydrogen (secondary N) is 1. The zero-order valence-electron chi connectivity index (χ0n) is 10.7. The molecule has 0 bridgehead atoms. The molecule has 0 amide bonds. The number of benzene rings is 1. The van der Waals surface area contributed by atoms with Crippen LogP contribution in [-0.4, -0.2) is 24.6 Å².